The minimum atomic E-state index is 0.197. The summed E-state index contributed by atoms with van der Waals surface area (Å²) in [4.78, 5) is 0. The van der Waals surface area contributed by atoms with E-state index in [1.807, 2.05) is 0 Å². The first-order chi connectivity index (χ1) is 10.3. The van der Waals surface area contributed by atoms with Crippen molar-refractivity contribution in [3.8, 4) is 11.1 Å². The van der Waals surface area contributed by atoms with Crippen molar-refractivity contribution in [1.82, 2.24) is 0 Å². The van der Waals surface area contributed by atoms with Gasteiger partial charge in [0.15, 0.2) is 0 Å². The lowest BCUT2D eigenvalue weighted by molar-refractivity contribution is 0.355. The van der Waals surface area contributed by atoms with Gasteiger partial charge in [0.05, 0.1) is 6.73 Å². The Morgan fingerprint density at radius 3 is 2.67 bits per heavy atom. The molecular weight excluding hydrogens is 262 g/mol. The number of hydrogen-bond donors (Lipinski definition) is 2. The highest BCUT2D eigenvalue weighted by Gasteiger charge is 2.19. The number of hydrogen-bond acceptors (Lipinski definition) is 4. The lowest BCUT2D eigenvalue weighted by Crippen LogP contribution is -2.21. The number of anilines is 1. The summed E-state index contributed by atoms with van der Waals surface area (Å²) in [6, 6.07) is 12.7. The predicted octanol–water partition coefficient (Wildman–Crippen LogP) is 1.03. The summed E-state index contributed by atoms with van der Waals surface area (Å²) >= 11 is 0. The molecule has 1 aliphatic rings. The van der Waals surface area contributed by atoms with Crippen LogP contribution in [-0.2, 0) is 15.7 Å². The molecule has 1 aliphatic carbocycles. The topological polar surface area (TPSA) is 56.5 Å². The normalized spacial score (nSPS) is 11.7. The minimum Gasteiger partial charge on any atom is -0.422 e. The van der Waals surface area contributed by atoms with E-state index in [2.05, 4.69) is 41.6 Å². The van der Waals surface area contributed by atoms with E-state index in [9.17, 15) is 0 Å². The second kappa shape index (κ2) is 6.35. The summed E-state index contributed by atoms with van der Waals surface area (Å²) in [6.07, 6.45) is 0.928. The average molecular weight is 278 g/mol. The number of rotatable bonds is 6. The molecule has 2 aromatic rings. The molecule has 3 N–H and O–H groups in total. The van der Waals surface area contributed by atoms with Crippen molar-refractivity contribution in [3.63, 3.8) is 0 Å². The third-order valence-corrected chi connectivity index (χ3v) is 3.56. The van der Waals surface area contributed by atoms with Gasteiger partial charge in [0.25, 0.3) is 0 Å². The monoisotopic (exact) mass is 278 g/mol. The molecule has 0 amide bonds. The first-order valence-corrected chi connectivity index (χ1v) is 6.84. The first kappa shape index (κ1) is 14.2. The molecule has 0 aliphatic heterocycles. The molecule has 0 saturated carbocycles. The smallest absolute Gasteiger partial charge is 0.422 e. The maximum Gasteiger partial charge on any atom is 0.435 e. The van der Waals surface area contributed by atoms with E-state index in [4.69, 9.17) is 15.0 Å². The number of nitrogens with two attached hydrogens (primary N) is 1. The summed E-state index contributed by atoms with van der Waals surface area (Å²) < 4.78 is 10.1. The van der Waals surface area contributed by atoms with E-state index >= 15 is 0 Å². The Labute approximate surface area is 126 Å². The summed E-state index contributed by atoms with van der Waals surface area (Å²) in [6.45, 7) is 0.197. The zero-order valence-electron chi connectivity index (χ0n) is 11.9. The highest BCUT2D eigenvalue weighted by atomic mass is 16.4. The summed E-state index contributed by atoms with van der Waals surface area (Å²) in [7, 11) is 4.89. The van der Waals surface area contributed by atoms with Crippen LogP contribution in [0.3, 0.4) is 0 Å². The lowest BCUT2D eigenvalue weighted by atomic mass is 9.86. The van der Waals surface area contributed by atoms with Crippen LogP contribution in [0.25, 0.3) is 11.1 Å². The third-order valence-electron chi connectivity index (χ3n) is 3.56. The second-order valence-corrected chi connectivity index (χ2v) is 4.91. The first-order valence-electron chi connectivity index (χ1n) is 6.84. The van der Waals surface area contributed by atoms with Crippen LogP contribution in [0.15, 0.2) is 36.4 Å². The van der Waals surface area contributed by atoms with E-state index in [1.54, 1.807) is 22.2 Å². The van der Waals surface area contributed by atoms with Crippen LogP contribution in [0.5, 0.6) is 0 Å². The van der Waals surface area contributed by atoms with Gasteiger partial charge in [-0.25, -0.2) is 0 Å². The van der Waals surface area contributed by atoms with Gasteiger partial charge < -0.3 is 20.3 Å². The molecule has 2 radical (unpaired) electrons. The average Bonchev–Trinajstić information content (AvgIpc) is 2.87. The largest absolute Gasteiger partial charge is 0.435 e. The van der Waals surface area contributed by atoms with E-state index in [1.165, 1.54) is 22.3 Å². The predicted molar refractivity (Wildman–Crippen MR) is 86.6 cm³/mol. The third kappa shape index (κ3) is 2.97. The van der Waals surface area contributed by atoms with Crippen LogP contribution in [-0.4, -0.2) is 28.9 Å². The van der Waals surface area contributed by atoms with Crippen LogP contribution in [0.1, 0.15) is 11.1 Å². The summed E-state index contributed by atoms with van der Waals surface area (Å²) in [5, 5.41) is 3.10. The maximum absolute atomic E-state index is 5.34. The molecule has 4 nitrogen and oxygen atoms in total. The molecule has 0 atom stereocenters. The van der Waals surface area contributed by atoms with Crippen molar-refractivity contribution < 1.29 is 9.31 Å². The SMILES string of the molecule is CO[B]Nc1ccc2c(c1)Cc1cc([B]OCN)ccc1-2. The molecular formula is C15H16B2N2O2. The second-order valence-electron chi connectivity index (χ2n) is 4.91. The highest BCUT2D eigenvalue weighted by molar-refractivity contribution is 6.47. The zero-order valence-corrected chi connectivity index (χ0v) is 11.9. The molecule has 0 aromatic heterocycles. The van der Waals surface area contributed by atoms with E-state index in [0.29, 0.717) is 0 Å². The van der Waals surface area contributed by atoms with Gasteiger partial charge in [-0.1, -0.05) is 29.7 Å². The van der Waals surface area contributed by atoms with Crippen LogP contribution >= 0.6 is 0 Å². The standard InChI is InChI=1S/C15H16B2N2O2/c1-20-17-19-13-3-5-15-11(8-13)6-10-7-12(16-21-9-18)2-4-14(10)15/h2-5,7-8,19H,6,9,18H2,1H3. The highest BCUT2D eigenvalue weighted by Crippen LogP contribution is 2.37. The van der Waals surface area contributed by atoms with Gasteiger partial charge in [0.1, 0.15) is 0 Å². The quantitative estimate of drug-likeness (QED) is 0.522. The van der Waals surface area contributed by atoms with E-state index < -0.39 is 0 Å². The Morgan fingerprint density at radius 1 is 1.14 bits per heavy atom. The molecule has 2 aromatic carbocycles. The Kier molecular flexibility index (Phi) is 4.29. The van der Waals surface area contributed by atoms with E-state index in [-0.39, 0.29) is 6.73 Å². The Bertz CT molecular complexity index is 594. The maximum atomic E-state index is 5.34. The van der Waals surface area contributed by atoms with Gasteiger partial charge in [-0.2, -0.15) is 0 Å². The molecule has 0 fully saturated rings. The molecule has 0 unspecified atom stereocenters. The molecule has 0 heterocycles. The summed E-state index contributed by atoms with van der Waals surface area (Å²) in [5.41, 5.74) is 12.6. The summed E-state index contributed by atoms with van der Waals surface area (Å²) in [5.74, 6) is 0. The Morgan fingerprint density at radius 2 is 1.90 bits per heavy atom. The molecule has 104 valence electrons. The van der Waals surface area contributed by atoms with Gasteiger partial charge >= 0.3 is 15.1 Å². The van der Waals surface area contributed by atoms with Gasteiger partial charge in [-0.05, 0) is 40.8 Å². The minimum absolute atomic E-state index is 0.197. The van der Waals surface area contributed by atoms with Crippen molar-refractivity contribution in [2.24, 2.45) is 5.73 Å². The molecule has 21 heavy (non-hydrogen) atoms. The van der Waals surface area contributed by atoms with Gasteiger partial charge in [0.2, 0.25) is 0 Å². The van der Waals surface area contributed by atoms with E-state index in [0.717, 1.165) is 17.6 Å². The number of nitrogens with one attached hydrogen (secondary N) is 1. The van der Waals surface area contributed by atoms with Gasteiger partial charge in [0, 0.05) is 12.8 Å². The molecule has 0 spiro atoms. The fourth-order valence-corrected chi connectivity index (χ4v) is 2.66. The Hall–Kier alpha value is -1.75. The Balaban J connectivity index is 1.83. The molecule has 0 bridgehead atoms. The van der Waals surface area contributed by atoms with Crippen molar-refractivity contribution in [2.75, 3.05) is 19.1 Å². The van der Waals surface area contributed by atoms with Crippen LogP contribution < -0.4 is 16.4 Å². The van der Waals surface area contributed by atoms with Crippen molar-refractivity contribution in [1.29, 1.82) is 0 Å². The molecule has 3 rings (SSSR count). The fourth-order valence-electron chi connectivity index (χ4n) is 2.66. The van der Waals surface area contributed by atoms with Gasteiger partial charge in [-0.15, -0.1) is 0 Å². The van der Waals surface area contributed by atoms with Crippen molar-refractivity contribution in [2.45, 2.75) is 6.42 Å². The van der Waals surface area contributed by atoms with Gasteiger partial charge in [-0.3, -0.25) is 0 Å². The molecule has 0 saturated heterocycles. The van der Waals surface area contributed by atoms with Crippen LogP contribution in [0.4, 0.5) is 5.69 Å². The number of benzene rings is 2. The van der Waals surface area contributed by atoms with Crippen LogP contribution in [0, 0.1) is 0 Å². The molecule has 6 heteroatoms. The van der Waals surface area contributed by atoms with Crippen molar-refractivity contribution in [3.05, 3.63) is 47.5 Å². The van der Waals surface area contributed by atoms with Crippen molar-refractivity contribution >= 4 is 26.2 Å². The lowest BCUT2D eigenvalue weighted by Gasteiger charge is -2.06. The zero-order chi connectivity index (χ0) is 14.7. The fraction of sp³-hybridized carbons (Fsp3) is 0.200. The number of fused-ring (bicyclic) bond motifs is 3. The van der Waals surface area contributed by atoms with Crippen LogP contribution in [0.2, 0.25) is 0 Å².